The highest BCUT2D eigenvalue weighted by molar-refractivity contribution is 5.77. The highest BCUT2D eigenvalue weighted by atomic mass is 16.5. The van der Waals surface area contributed by atoms with Gasteiger partial charge < -0.3 is 9.42 Å². The van der Waals surface area contributed by atoms with Crippen molar-refractivity contribution in [2.75, 3.05) is 26.2 Å². The third-order valence-corrected chi connectivity index (χ3v) is 6.25. The Balaban J connectivity index is 1.38. The molecule has 0 radical (unpaired) electrons. The second kappa shape index (κ2) is 6.17. The Hall–Kier alpha value is -1.36. The third kappa shape index (κ3) is 3.23. The smallest absolute Gasteiger partial charge is 0.222 e. The topological polar surface area (TPSA) is 49.6 Å². The quantitative estimate of drug-likeness (QED) is 0.851. The van der Waals surface area contributed by atoms with Crippen LogP contribution in [0.15, 0.2) is 4.52 Å². The van der Waals surface area contributed by atoms with Crippen molar-refractivity contribution in [3.63, 3.8) is 0 Å². The van der Waals surface area contributed by atoms with Gasteiger partial charge in [0.25, 0.3) is 0 Å². The molecule has 3 aliphatic rings. The maximum Gasteiger partial charge on any atom is 0.222 e. The van der Waals surface area contributed by atoms with Crippen LogP contribution in [0, 0.1) is 25.2 Å². The van der Waals surface area contributed by atoms with Crippen molar-refractivity contribution >= 4 is 5.91 Å². The predicted octanol–water partition coefficient (Wildman–Crippen LogP) is 2.91. The molecule has 1 aromatic rings. The lowest BCUT2D eigenvalue weighted by Gasteiger charge is -2.40. The highest BCUT2D eigenvalue weighted by Gasteiger charge is 2.43. The number of carbonyl (C=O) groups is 1. The molecular weight excluding hydrogens is 302 g/mol. The van der Waals surface area contributed by atoms with Gasteiger partial charge in [-0.25, -0.2) is 0 Å². The molecule has 3 heterocycles. The first-order valence-corrected chi connectivity index (χ1v) is 9.47. The van der Waals surface area contributed by atoms with Crippen molar-refractivity contribution in [2.24, 2.45) is 11.3 Å². The van der Waals surface area contributed by atoms with Crippen LogP contribution in [0.3, 0.4) is 0 Å². The fourth-order valence-electron chi connectivity index (χ4n) is 4.58. The zero-order valence-corrected chi connectivity index (χ0v) is 15.0. The van der Waals surface area contributed by atoms with E-state index in [2.05, 4.69) is 15.0 Å². The first-order chi connectivity index (χ1) is 11.5. The molecular formula is C19H29N3O2. The Morgan fingerprint density at radius 3 is 2.79 bits per heavy atom. The normalized spacial score (nSPS) is 28.0. The van der Waals surface area contributed by atoms with Gasteiger partial charge in [0.05, 0.1) is 5.69 Å². The van der Waals surface area contributed by atoms with Gasteiger partial charge in [-0.3, -0.25) is 9.69 Å². The standard InChI is InChI=1S/C19H29N3O2/c1-14-17(15(2)24-20-14)11-21-8-3-6-19(12-21)7-9-22(13-19)18(23)10-16-4-5-16/h16H,3-13H2,1-2H3. The summed E-state index contributed by atoms with van der Waals surface area (Å²) in [5.41, 5.74) is 2.57. The molecule has 0 N–H and O–H groups in total. The van der Waals surface area contributed by atoms with E-state index < -0.39 is 0 Å². The van der Waals surface area contributed by atoms with E-state index in [1.165, 1.54) is 37.7 Å². The number of aromatic nitrogens is 1. The number of hydrogen-bond donors (Lipinski definition) is 0. The van der Waals surface area contributed by atoms with Crippen molar-refractivity contribution in [3.8, 4) is 0 Å². The first-order valence-electron chi connectivity index (χ1n) is 9.47. The van der Waals surface area contributed by atoms with Crippen LogP contribution in [0.5, 0.6) is 0 Å². The van der Waals surface area contributed by atoms with E-state index in [9.17, 15) is 4.79 Å². The summed E-state index contributed by atoms with van der Waals surface area (Å²) in [5.74, 6) is 2.04. The summed E-state index contributed by atoms with van der Waals surface area (Å²) in [6.45, 7) is 9.13. The average molecular weight is 331 g/mol. The molecule has 0 bridgehead atoms. The molecule has 3 fully saturated rings. The van der Waals surface area contributed by atoms with Gasteiger partial charge in [-0.15, -0.1) is 0 Å². The third-order valence-electron chi connectivity index (χ3n) is 6.25. The molecule has 1 aromatic heterocycles. The Morgan fingerprint density at radius 1 is 1.25 bits per heavy atom. The van der Waals surface area contributed by atoms with E-state index in [4.69, 9.17) is 4.52 Å². The minimum absolute atomic E-state index is 0.316. The van der Waals surface area contributed by atoms with Crippen molar-refractivity contribution in [2.45, 2.75) is 58.9 Å². The van der Waals surface area contributed by atoms with E-state index in [-0.39, 0.29) is 0 Å². The molecule has 5 nitrogen and oxygen atoms in total. The van der Waals surface area contributed by atoms with E-state index in [0.29, 0.717) is 17.2 Å². The van der Waals surface area contributed by atoms with Gasteiger partial charge in [0.1, 0.15) is 5.76 Å². The molecule has 4 rings (SSSR count). The van der Waals surface area contributed by atoms with Gasteiger partial charge in [0, 0.05) is 43.6 Å². The fourth-order valence-corrected chi connectivity index (χ4v) is 4.58. The molecule has 5 heteroatoms. The lowest BCUT2D eigenvalue weighted by atomic mass is 9.79. The molecule has 1 amide bonds. The zero-order valence-electron chi connectivity index (χ0n) is 15.0. The number of hydrogen-bond acceptors (Lipinski definition) is 4. The second-order valence-corrected chi connectivity index (χ2v) is 8.33. The highest BCUT2D eigenvalue weighted by Crippen LogP contribution is 2.41. The number of likely N-dealkylation sites (tertiary alicyclic amines) is 2. The Bertz CT molecular complexity index is 603. The number of nitrogens with zero attached hydrogens (tertiary/aromatic N) is 3. The summed E-state index contributed by atoms with van der Waals surface area (Å²) in [6, 6.07) is 0. The van der Waals surface area contributed by atoms with Crippen LogP contribution >= 0.6 is 0 Å². The predicted molar refractivity (Wildman–Crippen MR) is 91.5 cm³/mol. The van der Waals surface area contributed by atoms with Gasteiger partial charge in [-0.1, -0.05) is 5.16 Å². The van der Waals surface area contributed by atoms with E-state index in [1.54, 1.807) is 0 Å². The van der Waals surface area contributed by atoms with Crippen LogP contribution in [0.25, 0.3) is 0 Å². The number of carbonyl (C=O) groups excluding carboxylic acids is 1. The summed E-state index contributed by atoms with van der Waals surface area (Å²) in [4.78, 5) is 17.1. The van der Waals surface area contributed by atoms with Crippen molar-refractivity contribution in [1.29, 1.82) is 0 Å². The van der Waals surface area contributed by atoms with Crippen molar-refractivity contribution < 1.29 is 9.32 Å². The average Bonchev–Trinajstić information content (AvgIpc) is 3.21. The van der Waals surface area contributed by atoms with E-state index in [1.807, 2.05) is 13.8 Å². The van der Waals surface area contributed by atoms with Crippen LogP contribution in [0.4, 0.5) is 0 Å². The molecule has 1 spiro atoms. The van der Waals surface area contributed by atoms with E-state index in [0.717, 1.165) is 50.6 Å². The molecule has 2 saturated heterocycles. The first kappa shape index (κ1) is 16.1. The molecule has 1 atom stereocenters. The molecule has 1 unspecified atom stereocenters. The van der Waals surface area contributed by atoms with Crippen LogP contribution in [-0.2, 0) is 11.3 Å². The minimum atomic E-state index is 0.316. The summed E-state index contributed by atoms with van der Waals surface area (Å²) >= 11 is 0. The molecule has 0 aromatic carbocycles. The number of aryl methyl sites for hydroxylation is 2. The monoisotopic (exact) mass is 331 g/mol. The summed E-state index contributed by atoms with van der Waals surface area (Å²) in [7, 11) is 0. The maximum absolute atomic E-state index is 12.4. The van der Waals surface area contributed by atoms with Gasteiger partial charge in [-0.05, 0) is 58.4 Å². The molecule has 24 heavy (non-hydrogen) atoms. The molecule has 1 aliphatic carbocycles. The summed E-state index contributed by atoms with van der Waals surface area (Å²) in [6.07, 6.45) is 6.97. The molecule has 132 valence electrons. The lowest BCUT2D eigenvalue weighted by Crippen LogP contribution is -2.45. The molecule has 1 saturated carbocycles. The lowest BCUT2D eigenvalue weighted by molar-refractivity contribution is -0.131. The van der Waals surface area contributed by atoms with Gasteiger partial charge >= 0.3 is 0 Å². The van der Waals surface area contributed by atoms with Crippen LogP contribution in [0.1, 0.15) is 55.5 Å². The van der Waals surface area contributed by atoms with Gasteiger partial charge in [0.15, 0.2) is 0 Å². The Morgan fingerprint density at radius 2 is 2.08 bits per heavy atom. The fraction of sp³-hybridized carbons (Fsp3) is 0.789. The van der Waals surface area contributed by atoms with Gasteiger partial charge in [0.2, 0.25) is 5.91 Å². The second-order valence-electron chi connectivity index (χ2n) is 8.33. The largest absolute Gasteiger partial charge is 0.361 e. The number of amides is 1. The van der Waals surface area contributed by atoms with Crippen LogP contribution < -0.4 is 0 Å². The van der Waals surface area contributed by atoms with E-state index >= 15 is 0 Å². The van der Waals surface area contributed by atoms with Crippen molar-refractivity contribution in [3.05, 3.63) is 17.0 Å². The Labute approximate surface area is 144 Å². The van der Waals surface area contributed by atoms with Crippen LogP contribution in [-0.4, -0.2) is 47.0 Å². The zero-order chi connectivity index (χ0) is 16.7. The molecule has 2 aliphatic heterocycles. The minimum Gasteiger partial charge on any atom is -0.361 e. The SMILES string of the molecule is Cc1noc(C)c1CN1CCCC2(CCN(C(=O)CC3CC3)C2)C1. The maximum atomic E-state index is 12.4. The van der Waals surface area contributed by atoms with Gasteiger partial charge in [-0.2, -0.15) is 0 Å². The number of rotatable bonds is 4. The number of piperidine rings is 1. The summed E-state index contributed by atoms with van der Waals surface area (Å²) < 4.78 is 5.32. The Kier molecular flexibility index (Phi) is 4.15. The van der Waals surface area contributed by atoms with Crippen LogP contribution in [0.2, 0.25) is 0 Å². The summed E-state index contributed by atoms with van der Waals surface area (Å²) in [5, 5.41) is 4.08. The van der Waals surface area contributed by atoms with Crippen molar-refractivity contribution in [1.82, 2.24) is 15.0 Å².